The lowest BCUT2D eigenvalue weighted by Gasteiger charge is -2.64. The van der Waals surface area contributed by atoms with E-state index in [1.54, 1.807) is 26.2 Å². The van der Waals surface area contributed by atoms with Gasteiger partial charge in [0, 0.05) is 81.1 Å². The summed E-state index contributed by atoms with van der Waals surface area (Å²) in [6.45, 7) is 12.4. The van der Waals surface area contributed by atoms with Crippen molar-refractivity contribution < 1.29 is 36.9 Å². The van der Waals surface area contributed by atoms with Crippen LogP contribution in [0.15, 0.2) is 96.2 Å². The molecule has 426 valence electrons. The molecule has 2 saturated carbocycles. The summed E-state index contributed by atoms with van der Waals surface area (Å²) in [6, 6.07) is 26.9. The fourth-order valence-corrected chi connectivity index (χ4v) is 14.5. The number of anilines is 3. The van der Waals surface area contributed by atoms with E-state index in [9.17, 15) is 23.5 Å². The number of carbonyl (C=O) groups excluding carboxylic acids is 1. The summed E-state index contributed by atoms with van der Waals surface area (Å²) in [5, 5.41) is 27.1. The Balaban J connectivity index is 0.821. The van der Waals surface area contributed by atoms with Crippen LogP contribution < -0.4 is 34.2 Å². The lowest BCUT2D eigenvalue weighted by atomic mass is 9.58. The van der Waals surface area contributed by atoms with Crippen molar-refractivity contribution in [2.24, 2.45) is 11.3 Å². The van der Waals surface area contributed by atoms with Crippen LogP contribution in [0.25, 0.3) is 11.0 Å². The summed E-state index contributed by atoms with van der Waals surface area (Å²) in [6.07, 6.45) is 11.8. The van der Waals surface area contributed by atoms with E-state index in [-0.39, 0.29) is 63.4 Å². The Kier molecular flexibility index (Phi) is 15.5. The number of halogens is 1. The van der Waals surface area contributed by atoms with Crippen molar-refractivity contribution in [3.8, 4) is 23.1 Å². The zero-order valence-electron chi connectivity index (χ0n) is 46.7. The molecule has 12 rings (SSSR count). The number of methoxy groups -OCH3 is 1. The van der Waals surface area contributed by atoms with Crippen molar-refractivity contribution in [1.82, 2.24) is 29.5 Å². The van der Waals surface area contributed by atoms with Crippen molar-refractivity contribution in [3.05, 3.63) is 125 Å². The van der Waals surface area contributed by atoms with Crippen LogP contribution in [0.5, 0.6) is 23.1 Å². The number of H-pyrrole nitrogens is 1. The Hall–Kier alpha value is -6.51. The van der Waals surface area contributed by atoms with Gasteiger partial charge in [-0.1, -0.05) is 50.2 Å². The largest absolute Gasteiger partial charge is 0.758 e. The van der Waals surface area contributed by atoms with Crippen molar-refractivity contribution >= 4 is 44.2 Å². The average molecular weight is 1110 g/mol. The highest BCUT2D eigenvalue weighted by molar-refractivity contribution is 7.90. The molecular weight excluding hydrogens is 1040 g/mol. The first-order chi connectivity index (χ1) is 38.4. The van der Waals surface area contributed by atoms with Crippen LogP contribution in [0, 0.1) is 22.4 Å². The number of aliphatic hydroxyl groups is 1. The normalized spacial score (nSPS) is 23.3. The van der Waals surface area contributed by atoms with Gasteiger partial charge in [0.1, 0.15) is 33.7 Å². The molecule has 3 atom stereocenters. The lowest BCUT2D eigenvalue weighted by Crippen LogP contribution is -2.68. The number of hydrogen-bond donors (Lipinski definition) is 4. The number of nitrogens with zero attached hydrogens (tertiary/aromatic N) is 6. The first-order valence-electron chi connectivity index (χ1n) is 28.4. The monoisotopic (exact) mass is 1110 g/mol. The van der Waals surface area contributed by atoms with Crippen molar-refractivity contribution in [3.63, 3.8) is 0 Å². The zero-order valence-corrected chi connectivity index (χ0v) is 47.5. The minimum Gasteiger partial charge on any atom is -0.758 e. The number of amides is 1. The fraction of sp³-hybridized carbons (Fsp3) is 0.492. The van der Waals surface area contributed by atoms with Gasteiger partial charge < -0.3 is 44.8 Å². The first-order valence-corrected chi connectivity index (χ1v) is 29.9. The van der Waals surface area contributed by atoms with E-state index in [1.165, 1.54) is 61.0 Å². The van der Waals surface area contributed by atoms with Crippen LogP contribution in [0.4, 0.5) is 21.6 Å². The SMILES string of the molecule is CCOc1nc2[nH]cc(F)c2cc1Oc1cc(N2CCC3(CC2)CC(N2C4CCC([C@H]2c2ccccc2C(C)C)N(Cc2ccc(OC)cc2)C4)C3)ccc1C(=O)NS(=O)(=O)c1cnc(NCC2CCC(C)(O)CC2)c(N(C)[O-])c1. The smallest absolute Gasteiger partial charge is 0.268 e. The summed E-state index contributed by atoms with van der Waals surface area (Å²) in [5.74, 6) is 0.239. The van der Waals surface area contributed by atoms with Gasteiger partial charge in [0.05, 0.1) is 42.0 Å². The van der Waals surface area contributed by atoms with Crippen molar-refractivity contribution in [2.45, 2.75) is 139 Å². The fourth-order valence-electron chi connectivity index (χ4n) is 13.5. The minimum atomic E-state index is -4.61. The lowest BCUT2D eigenvalue weighted by molar-refractivity contribution is -0.139. The van der Waals surface area contributed by atoms with Crippen LogP contribution >= 0.6 is 0 Å². The second-order valence-corrected chi connectivity index (χ2v) is 25.3. The molecule has 4 N–H and O–H groups in total. The maximum absolute atomic E-state index is 15.1. The Morgan fingerprint density at radius 3 is 2.44 bits per heavy atom. The van der Waals surface area contributed by atoms with E-state index in [1.807, 2.05) is 6.92 Å². The zero-order chi connectivity index (χ0) is 56.1. The molecule has 6 fully saturated rings. The third-order valence-electron chi connectivity index (χ3n) is 18.0. The van der Waals surface area contributed by atoms with Crippen LogP contribution in [0.2, 0.25) is 0 Å². The predicted octanol–water partition coefficient (Wildman–Crippen LogP) is 10.7. The first kappa shape index (κ1) is 55.4. The number of sulfonamides is 1. The summed E-state index contributed by atoms with van der Waals surface area (Å²) in [7, 11) is -1.66. The van der Waals surface area contributed by atoms with Gasteiger partial charge in [0.15, 0.2) is 5.75 Å². The Morgan fingerprint density at radius 2 is 1.73 bits per heavy atom. The number of piperidine rings is 3. The molecule has 17 nitrogen and oxygen atoms in total. The van der Waals surface area contributed by atoms with Gasteiger partial charge in [0.2, 0.25) is 0 Å². The summed E-state index contributed by atoms with van der Waals surface area (Å²) in [5.41, 5.74) is 4.56. The number of aromatic amines is 1. The molecule has 4 aliphatic heterocycles. The van der Waals surface area contributed by atoms with Gasteiger partial charge in [0.25, 0.3) is 21.8 Å². The van der Waals surface area contributed by atoms with E-state index in [0.717, 1.165) is 82.3 Å². The van der Waals surface area contributed by atoms with E-state index in [2.05, 4.69) is 102 Å². The van der Waals surface area contributed by atoms with Gasteiger partial charge in [-0.15, -0.1) is 0 Å². The number of nitrogens with one attached hydrogen (secondary N) is 3. The molecule has 2 unspecified atom stereocenters. The van der Waals surface area contributed by atoms with Gasteiger partial charge in [-0.3, -0.25) is 14.6 Å². The Morgan fingerprint density at radius 1 is 0.975 bits per heavy atom. The Bertz CT molecular complexity index is 3310. The molecule has 3 aromatic carbocycles. The molecular formula is C61H75FN9O8S-. The standard InChI is InChI=1S/C61H75FN9O8S/c1-7-78-59-54(30-49-50(62)35-65-56(49)66-59)79-53-28-41(14-18-48(53)58(72)67-80(75,76)45-29-52(68(5)74)57(64-34-45)63-33-39-20-22-60(4,73)23-21-39)69-26-24-61(25-27-69)31-43(32-61)71-42-15-19-51(55(71)47-11-9-8-10-46(47)38(2)3)70(37-42)36-40-12-16-44(77-6)17-13-40/h8-14,16-18,28-30,34-35,38-39,42-43,51,55,73H,7,15,19-27,31-33,36-37H2,1-6H3,(H,63,64)(H,65,66)(H,67,72)/q-1/t39?,42?,51?,55-,60?/m1/s1. The molecule has 3 aromatic heterocycles. The van der Waals surface area contributed by atoms with E-state index in [4.69, 9.17) is 14.2 Å². The summed E-state index contributed by atoms with van der Waals surface area (Å²) >= 11 is 0. The molecule has 2 aliphatic carbocycles. The van der Waals surface area contributed by atoms with Gasteiger partial charge in [-0.2, -0.15) is 4.98 Å². The topological polar surface area (TPSA) is 201 Å². The molecule has 0 radical (unpaired) electrons. The summed E-state index contributed by atoms with van der Waals surface area (Å²) < 4.78 is 63.2. The number of carbonyl (C=O) groups is 1. The number of hydrogen-bond acceptors (Lipinski definition) is 15. The van der Waals surface area contributed by atoms with Gasteiger partial charge >= 0.3 is 0 Å². The van der Waals surface area contributed by atoms with E-state index >= 15 is 4.39 Å². The number of aromatic nitrogens is 3. The molecule has 1 spiro atoms. The molecule has 6 aromatic rings. The molecule has 19 heteroatoms. The summed E-state index contributed by atoms with van der Waals surface area (Å²) in [4.78, 5) is 33.5. The van der Waals surface area contributed by atoms with Crippen LogP contribution in [0.1, 0.15) is 131 Å². The van der Waals surface area contributed by atoms with Crippen molar-refractivity contribution in [2.75, 3.05) is 62.2 Å². The highest BCUT2D eigenvalue weighted by Crippen LogP contribution is 2.57. The highest BCUT2D eigenvalue weighted by Gasteiger charge is 2.56. The van der Waals surface area contributed by atoms with E-state index < -0.39 is 32.2 Å². The number of fused-ring (bicyclic) bond motifs is 4. The van der Waals surface area contributed by atoms with Crippen LogP contribution in [-0.4, -0.2) is 115 Å². The molecule has 6 aliphatic rings. The molecule has 80 heavy (non-hydrogen) atoms. The van der Waals surface area contributed by atoms with Gasteiger partial charge in [-0.25, -0.2) is 22.5 Å². The average Bonchev–Trinajstić information content (AvgIpc) is 3.87. The van der Waals surface area contributed by atoms with Crippen LogP contribution in [-0.2, 0) is 16.6 Å². The number of piperazine rings is 1. The maximum Gasteiger partial charge on any atom is 0.268 e. The van der Waals surface area contributed by atoms with E-state index in [0.29, 0.717) is 54.5 Å². The second-order valence-electron chi connectivity index (χ2n) is 23.6. The number of rotatable bonds is 18. The third kappa shape index (κ3) is 11.3. The number of pyridine rings is 2. The molecule has 7 heterocycles. The van der Waals surface area contributed by atoms with Crippen LogP contribution in [0.3, 0.4) is 0 Å². The Labute approximate surface area is 468 Å². The number of benzene rings is 3. The highest BCUT2D eigenvalue weighted by atomic mass is 32.2. The minimum absolute atomic E-state index is 0.00743. The quantitative estimate of drug-likeness (QED) is 0.0592. The maximum atomic E-state index is 15.1. The second kappa shape index (κ2) is 22.4. The van der Waals surface area contributed by atoms with Gasteiger partial charge in [-0.05, 0) is 149 Å². The predicted molar refractivity (Wildman–Crippen MR) is 308 cm³/mol. The third-order valence-corrected chi connectivity index (χ3v) is 19.3. The number of hydroxylamine groups is 1. The number of ether oxygens (including phenoxy) is 3. The molecule has 1 amide bonds. The molecule has 4 saturated heterocycles. The van der Waals surface area contributed by atoms with Crippen molar-refractivity contribution in [1.29, 1.82) is 0 Å². The molecule has 2 bridgehead atoms.